The number of hydrogen-bond donors (Lipinski definition) is 0. The van der Waals surface area contributed by atoms with E-state index in [-0.39, 0.29) is 0 Å². The molecule has 0 spiro atoms. The molecule has 0 aliphatic rings. The molecule has 0 saturated carbocycles. The van der Waals surface area contributed by atoms with Crippen molar-refractivity contribution in [1.82, 2.24) is 24.5 Å². The molecule has 4 heterocycles. The number of hydrogen-bond acceptors (Lipinski definition) is 8. The lowest BCUT2D eigenvalue weighted by molar-refractivity contribution is 0.369. The Bertz CT molecular complexity index is 1250. The molecule has 0 atom stereocenters. The van der Waals surface area contributed by atoms with E-state index in [1.54, 1.807) is 18.3 Å². The first-order chi connectivity index (χ1) is 14.6. The zero-order valence-electron chi connectivity index (χ0n) is 16.7. The van der Waals surface area contributed by atoms with E-state index in [1.807, 2.05) is 43.8 Å². The van der Waals surface area contributed by atoms with Gasteiger partial charge in [-0.15, -0.1) is 0 Å². The fraction of sp³-hybridized carbons (Fsp3) is 0.190. The average Bonchev–Trinajstić information content (AvgIpc) is 3.09. The van der Waals surface area contributed by atoms with Gasteiger partial charge in [-0.1, -0.05) is 0 Å². The van der Waals surface area contributed by atoms with Crippen LogP contribution >= 0.6 is 12.3 Å². The first kappa shape index (κ1) is 19.8. The maximum Gasteiger partial charge on any atom is 0.225 e. The fourth-order valence-electron chi connectivity index (χ4n) is 2.94. The lowest BCUT2D eigenvalue weighted by atomic mass is 10.1. The van der Waals surface area contributed by atoms with Gasteiger partial charge in [-0.2, -0.15) is 5.26 Å². The first-order valence-electron chi connectivity index (χ1n) is 9.23. The van der Waals surface area contributed by atoms with Gasteiger partial charge in [-0.05, 0) is 43.7 Å². The largest absolute Gasteiger partial charge is 0.398 e. The van der Waals surface area contributed by atoms with Crippen LogP contribution in [-0.2, 0) is 11.2 Å². The second-order valence-corrected chi connectivity index (χ2v) is 7.06. The lowest BCUT2D eigenvalue weighted by Crippen LogP contribution is -1.99. The summed E-state index contributed by atoms with van der Waals surface area (Å²) in [5, 5.41) is 8.98. The highest BCUT2D eigenvalue weighted by atomic mass is 32.2. The molecule has 150 valence electrons. The van der Waals surface area contributed by atoms with Gasteiger partial charge in [-0.25, -0.2) is 15.0 Å². The molecule has 4 rings (SSSR count). The summed E-state index contributed by atoms with van der Waals surface area (Å²) in [7, 11) is 1.89. The summed E-state index contributed by atoms with van der Waals surface area (Å²) in [5.41, 5.74) is 5.08. The van der Waals surface area contributed by atoms with Crippen LogP contribution in [0.3, 0.4) is 0 Å². The molecule has 0 N–H and O–H groups in total. The highest BCUT2D eigenvalue weighted by molar-refractivity contribution is 7.90. The van der Waals surface area contributed by atoms with Crippen molar-refractivity contribution < 1.29 is 8.37 Å². The van der Waals surface area contributed by atoms with Crippen molar-refractivity contribution in [3.05, 3.63) is 54.0 Å². The summed E-state index contributed by atoms with van der Waals surface area (Å²) in [4.78, 5) is 18.1. The van der Waals surface area contributed by atoms with Crippen LogP contribution < -0.4 is 4.18 Å². The summed E-state index contributed by atoms with van der Waals surface area (Å²) in [6, 6.07) is 9.37. The summed E-state index contributed by atoms with van der Waals surface area (Å²) in [6.07, 6.45) is 5.04. The summed E-state index contributed by atoms with van der Waals surface area (Å²) in [6.45, 7) is 4.36. The molecule has 9 heteroatoms. The second kappa shape index (κ2) is 8.49. The first-order valence-corrected chi connectivity index (χ1v) is 9.89. The minimum absolute atomic E-state index is 0.493. The maximum absolute atomic E-state index is 8.98. The molecule has 0 aromatic carbocycles. The van der Waals surface area contributed by atoms with E-state index in [2.05, 4.69) is 21.0 Å². The molecule has 0 aliphatic heterocycles. The molecule has 0 aliphatic carbocycles. The van der Waals surface area contributed by atoms with E-state index in [0.29, 0.717) is 35.1 Å². The Morgan fingerprint density at radius 1 is 1.13 bits per heavy atom. The fourth-order valence-corrected chi connectivity index (χ4v) is 3.29. The highest BCUT2D eigenvalue weighted by Gasteiger charge is 2.19. The van der Waals surface area contributed by atoms with Gasteiger partial charge < -0.3 is 8.75 Å². The zero-order valence-corrected chi connectivity index (χ0v) is 17.5. The quantitative estimate of drug-likeness (QED) is 0.338. The molecule has 0 fully saturated rings. The van der Waals surface area contributed by atoms with Gasteiger partial charge in [0.1, 0.15) is 17.3 Å². The lowest BCUT2D eigenvalue weighted by Gasteiger charge is -2.10. The number of nitriles is 1. The minimum Gasteiger partial charge on any atom is -0.398 e. The second-order valence-electron chi connectivity index (χ2n) is 6.52. The Balaban J connectivity index is 1.80. The van der Waals surface area contributed by atoms with Crippen molar-refractivity contribution in [1.29, 1.82) is 5.26 Å². The van der Waals surface area contributed by atoms with Crippen LogP contribution in [-0.4, -0.2) is 31.1 Å². The Kier molecular flexibility index (Phi) is 5.61. The summed E-state index contributed by atoms with van der Waals surface area (Å²) >= 11 is 0.884. The summed E-state index contributed by atoms with van der Waals surface area (Å²) < 4.78 is 13.0. The standard InChI is InChI=1S/C21H18N6O2S/c1-4-28-30-29-18-8-15(16-6-5-14(9-22)11-23-16)12-24-19(18)21-26-17-7-13(2)10-25-20(17)27(21)3/h5-8,10-12H,4H2,1-3H3. The smallest absolute Gasteiger partial charge is 0.225 e. The Morgan fingerprint density at radius 3 is 2.73 bits per heavy atom. The number of aryl methyl sites for hydroxylation is 2. The Morgan fingerprint density at radius 2 is 2.00 bits per heavy atom. The van der Waals surface area contributed by atoms with E-state index in [9.17, 15) is 0 Å². The van der Waals surface area contributed by atoms with Crippen LogP contribution in [0.15, 0.2) is 42.9 Å². The average molecular weight is 418 g/mol. The molecular weight excluding hydrogens is 400 g/mol. The van der Waals surface area contributed by atoms with E-state index in [0.717, 1.165) is 34.6 Å². The van der Waals surface area contributed by atoms with Gasteiger partial charge in [0.2, 0.25) is 12.3 Å². The molecule has 0 amide bonds. The number of imidazole rings is 1. The topological polar surface area (TPSA) is 98.7 Å². The van der Waals surface area contributed by atoms with Crippen LogP contribution in [0.1, 0.15) is 18.1 Å². The number of rotatable bonds is 6. The third-order valence-corrected chi connectivity index (χ3v) is 4.97. The van der Waals surface area contributed by atoms with Crippen molar-refractivity contribution >= 4 is 23.5 Å². The van der Waals surface area contributed by atoms with E-state index < -0.39 is 0 Å². The van der Waals surface area contributed by atoms with Gasteiger partial charge in [0.15, 0.2) is 17.2 Å². The molecule has 0 radical (unpaired) electrons. The van der Waals surface area contributed by atoms with Crippen LogP contribution in [0.25, 0.3) is 33.9 Å². The Hall–Kier alpha value is -3.48. The predicted octanol–water partition coefficient (Wildman–Crippen LogP) is 4.25. The normalized spacial score (nSPS) is 10.9. The SMILES string of the molecule is CCOSOc1cc(-c2ccc(C#N)cn2)cnc1-c1nc2cc(C)cnc2n1C. The highest BCUT2D eigenvalue weighted by Crippen LogP contribution is 2.34. The molecule has 8 nitrogen and oxygen atoms in total. The summed E-state index contributed by atoms with van der Waals surface area (Å²) in [5.74, 6) is 1.13. The van der Waals surface area contributed by atoms with Crippen LogP contribution in [0.4, 0.5) is 0 Å². The van der Waals surface area contributed by atoms with Crippen molar-refractivity contribution in [2.75, 3.05) is 6.61 Å². The van der Waals surface area contributed by atoms with Crippen LogP contribution in [0.5, 0.6) is 5.75 Å². The third-order valence-electron chi connectivity index (χ3n) is 4.39. The number of pyridine rings is 3. The zero-order chi connectivity index (χ0) is 21.1. The maximum atomic E-state index is 8.98. The van der Waals surface area contributed by atoms with Gasteiger partial charge in [-0.3, -0.25) is 9.17 Å². The molecule has 0 unspecified atom stereocenters. The molecule has 0 bridgehead atoms. The van der Waals surface area contributed by atoms with Crippen molar-refractivity contribution in [2.24, 2.45) is 7.05 Å². The van der Waals surface area contributed by atoms with Gasteiger partial charge >= 0.3 is 0 Å². The number of nitrogens with zero attached hydrogens (tertiary/aromatic N) is 6. The Labute approximate surface area is 178 Å². The van der Waals surface area contributed by atoms with Crippen molar-refractivity contribution in [3.63, 3.8) is 0 Å². The molecule has 0 saturated heterocycles. The van der Waals surface area contributed by atoms with E-state index in [1.165, 1.54) is 6.20 Å². The molecule has 30 heavy (non-hydrogen) atoms. The van der Waals surface area contributed by atoms with Gasteiger partial charge in [0.05, 0.1) is 17.9 Å². The van der Waals surface area contributed by atoms with Crippen LogP contribution in [0.2, 0.25) is 0 Å². The van der Waals surface area contributed by atoms with E-state index >= 15 is 0 Å². The van der Waals surface area contributed by atoms with E-state index in [4.69, 9.17) is 18.6 Å². The van der Waals surface area contributed by atoms with Crippen molar-refractivity contribution in [3.8, 4) is 34.6 Å². The van der Waals surface area contributed by atoms with Gasteiger partial charge in [0.25, 0.3) is 0 Å². The number of aromatic nitrogens is 5. The number of fused-ring (bicyclic) bond motifs is 1. The van der Waals surface area contributed by atoms with Crippen LogP contribution in [0, 0.1) is 18.3 Å². The van der Waals surface area contributed by atoms with Crippen molar-refractivity contribution in [2.45, 2.75) is 13.8 Å². The molecule has 4 aromatic rings. The minimum atomic E-state index is 0.493. The molecule has 4 aromatic heterocycles. The monoisotopic (exact) mass is 418 g/mol. The predicted molar refractivity (Wildman–Crippen MR) is 114 cm³/mol. The van der Waals surface area contributed by atoms with Gasteiger partial charge in [0, 0.05) is 31.2 Å². The molecular formula is C21H18N6O2S. The third kappa shape index (κ3) is 3.83.